The molecule has 0 spiro atoms. The van der Waals surface area contributed by atoms with Crippen LogP contribution in [0, 0.1) is 5.92 Å². The molecular formula is C11H13NO. The Balaban J connectivity index is 1.94. The van der Waals surface area contributed by atoms with Gasteiger partial charge >= 0.3 is 0 Å². The van der Waals surface area contributed by atoms with Gasteiger partial charge in [-0.3, -0.25) is 9.78 Å². The van der Waals surface area contributed by atoms with Gasteiger partial charge in [-0.1, -0.05) is 12.5 Å². The zero-order valence-electron chi connectivity index (χ0n) is 7.57. The third-order valence-corrected chi connectivity index (χ3v) is 2.64. The number of hydrogen-bond acceptors (Lipinski definition) is 2. The third-order valence-electron chi connectivity index (χ3n) is 2.64. The van der Waals surface area contributed by atoms with Crippen molar-refractivity contribution in [1.29, 1.82) is 0 Å². The highest BCUT2D eigenvalue weighted by atomic mass is 16.1. The van der Waals surface area contributed by atoms with Crippen LogP contribution in [-0.4, -0.2) is 10.8 Å². The minimum absolute atomic E-state index is 0.335. The van der Waals surface area contributed by atoms with E-state index in [9.17, 15) is 4.79 Å². The molecule has 1 aromatic heterocycles. The molecule has 1 heterocycles. The summed E-state index contributed by atoms with van der Waals surface area (Å²) in [7, 11) is 0. The Morgan fingerprint density at radius 2 is 2.31 bits per heavy atom. The van der Waals surface area contributed by atoms with Crippen LogP contribution < -0.4 is 0 Å². The van der Waals surface area contributed by atoms with Gasteiger partial charge in [0.2, 0.25) is 0 Å². The van der Waals surface area contributed by atoms with E-state index in [4.69, 9.17) is 0 Å². The second-order valence-corrected chi connectivity index (χ2v) is 3.59. The van der Waals surface area contributed by atoms with Crippen molar-refractivity contribution in [1.82, 2.24) is 4.98 Å². The van der Waals surface area contributed by atoms with Crippen molar-refractivity contribution in [2.45, 2.75) is 25.7 Å². The van der Waals surface area contributed by atoms with Crippen molar-refractivity contribution in [2.24, 2.45) is 5.92 Å². The number of Topliss-reactive ketones (excluding diaryl/α,β-unsaturated/α-hetero) is 1. The maximum absolute atomic E-state index is 11.6. The van der Waals surface area contributed by atoms with E-state index in [1.165, 1.54) is 6.42 Å². The van der Waals surface area contributed by atoms with Gasteiger partial charge in [-0.25, -0.2) is 0 Å². The number of aromatic nitrogens is 1. The number of pyridine rings is 1. The molecule has 1 aliphatic carbocycles. The van der Waals surface area contributed by atoms with Crippen LogP contribution in [0.25, 0.3) is 0 Å². The fourth-order valence-electron chi connectivity index (χ4n) is 1.56. The van der Waals surface area contributed by atoms with Gasteiger partial charge in [-0.15, -0.1) is 0 Å². The van der Waals surface area contributed by atoms with Crippen molar-refractivity contribution in [3.05, 3.63) is 30.1 Å². The molecule has 1 fully saturated rings. The van der Waals surface area contributed by atoms with Crippen molar-refractivity contribution >= 4 is 5.78 Å². The third kappa shape index (κ3) is 1.94. The Morgan fingerprint density at radius 1 is 1.46 bits per heavy atom. The van der Waals surface area contributed by atoms with Crippen LogP contribution in [0.1, 0.15) is 25.0 Å². The van der Waals surface area contributed by atoms with Crippen LogP contribution in [0.2, 0.25) is 0 Å². The van der Waals surface area contributed by atoms with Gasteiger partial charge in [0, 0.05) is 24.2 Å². The molecule has 0 N–H and O–H groups in total. The molecule has 2 heteroatoms. The Kier molecular flexibility index (Phi) is 2.39. The number of hydrogen-bond donors (Lipinski definition) is 0. The fourth-order valence-corrected chi connectivity index (χ4v) is 1.56. The quantitative estimate of drug-likeness (QED) is 0.703. The van der Waals surface area contributed by atoms with E-state index in [1.807, 2.05) is 18.2 Å². The Morgan fingerprint density at radius 3 is 2.85 bits per heavy atom. The number of rotatable bonds is 3. The molecule has 13 heavy (non-hydrogen) atoms. The highest BCUT2D eigenvalue weighted by molar-refractivity contribution is 5.83. The summed E-state index contributed by atoms with van der Waals surface area (Å²) in [4.78, 5) is 15.7. The standard InChI is InChI=1S/C11H13NO/c13-11(9-4-3-5-9)8-10-6-1-2-7-12-10/h1-2,6-7,9H,3-5,8H2. The average Bonchev–Trinajstić information content (AvgIpc) is 2.02. The largest absolute Gasteiger partial charge is 0.299 e. The van der Waals surface area contributed by atoms with Crippen LogP contribution >= 0.6 is 0 Å². The molecule has 0 aliphatic heterocycles. The maximum Gasteiger partial charge on any atom is 0.141 e. The predicted molar refractivity (Wildman–Crippen MR) is 50.3 cm³/mol. The molecule has 1 aromatic rings. The summed E-state index contributed by atoms with van der Waals surface area (Å²) >= 11 is 0. The lowest BCUT2D eigenvalue weighted by atomic mass is 9.81. The molecule has 0 bridgehead atoms. The summed E-state index contributed by atoms with van der Waals surface area (Å²) in [6.45, 7) is 0. The van der Waals surface area contributed by atoms with Crippen LogP contribution in [0.3, 0.4) is 0 Å². The lowest BCUT2D eigenvalue weighted by Crippen LogP contribution is -2.23. The summed E-state index contributed by atoms with van der Waals surface area (Å²) in [5.41, 5.74) is 0.902. The normalized spacial score (nSPS) is 16.6. The first kappa shape index (κ1) is 8.42. The molecule has 0 aromatic carbocycles. The SMILES string of the molecule is O=C(Cc1ccccn1)C1CCC1. The Labute approximate surface area is 78.0 Å². The predicted octanol–water partition coefficient (Wildman–Crippen LogP) is 1.99. The average molecular weight is 175 g/mol. The topological polar surface area (TPSA) is 30.0 Å². The van der Waals surface area contributed by atoms with E-state index < -0.39 is 0 Å². The number of nitrogens with zero attached hydrogens (tertiary/aromatic N) is 1. The molecular weight excluding hydrogens is 162 g/mol. The number of ketones is 1. The minimum atomic E-state index is 0.335. The van der Waals surface area contributed by atoms with Gasteiger partial charge in [-0.05, 0) is 25.0 Å². The van der Waals surface area contributed by atoms with Gasteiger partial charge < -0.3 is 0 Å². The van der Waals surface area contributed by atoms with Gasteiger partial charge in [0.05, 0.1) is 0 Å². The highest BCUT2D eigenvalue weighted by Gasteiger charge is 2.24. The van der Waals surface area contributed by atoms with Crippen LogP contribution in [-0.2, 0) is 11.2 Å². The van der Waals surface area contributed by atoms with Gasteiger partial charge in [0.1, 0.15) is 5.78 Å². The van der Waals surface area contributed by atoms with Crippen LogP contribution in [0.4, 0.5) is 0 Å². The molecule has 0 saturated heterocycles. The van der Waals surface area contributed by atoms with Gasteiger partial charge in [-0.2, -0.15) is 0 Å². The molecule has 68 valence electrons. The van der Waals surface area contributed by atoms with Gasteiger partial charge in [0.25, 0.3) is 0 Å². The first-order valence-electron chi connectivity index (χ1n) is 4.79. The van der Waals surface area contributed by atoms with E-state index in [-0.39, 0.29) is 0 Å². The zero-order valence-corrected chi connectivity index (χ0v) is 7.57. The van der Waals surface area contributed by atoms with Crippen molar-refractivity contribution in [3.8, 4) is 0 Å². The number of carbonyl (C=O) groups is 1. The lowest BCUT2D eigenvalue weighted by molar-refractivity contribution is -0.124. The van der Waals surface area contributed by atoms with Crippen molar-refractivity contribution < 1.29 is 4.79 Å². The van der Waals surface area contributed by atoms with E-state index in [2.05, 4.69) is 4.98 Å². The zero-order chi connectivity index (χ0) is 9.10. The van der Waals surface area contributed by atoms with Crippen molar-refractivity contribution in [2.75, 3.05) is 0 Å². The first-order valence-corrected chi connectivity index (χ1v) is 4.79. The van der Waals surface area contributed by atoms with E-state index >= 15 is 0 Å². The summed E-state index contributed by atoms with van der Waals surface area (Å²) < 4.78 is 0. The summed E-state index contributed by atoms with van der Waals surface area (Å²) in [5, 5.41) is 0. The molecule has 1 saturated carbocycles. The Bertz CT molecular complexity index is 290. The molecule has 0 atom stereocenters. The maximum atomic E-state index is 11.6. The molecule has 0 radical (unpaired) electrons. The van der Waals surface area contributed by atoms with Crippen molar-refractivity contribution in [3.63, 3.8) is 0 Å². The monoisotopic (exact) mass is 175 g/mol. The molecule has 1 aliphatic rings. The molecule has 0 amide bonds. The van der Waals surface area contributed by atoms with Crippen LogP contribution in [0.15, 0.2) is 24.4 Å². The smallest absolute Gasteiger partial charge is 0.141 e. The second-order valence-electron chi connectivity index (χ2n) is 3.59. The minimum Gasteiger partial charge on any atom is -0.299 e. The summed E-state index contributed by atoms with van der Waals surface area (Å²) in [5.74, 6) is 0.701. The Hall–Kier alpha value is -1.18. The fraction of sp³-hybridized carbons (Fsp3) is 0.455. The van der Waals surface area contributed by atoms with E-state index in [1.54, 1.807) is 6.20 Å². The lowest BCUT2D eigenvalue weighted by Gasteiger charge is -2.23. The van der Waals surface area contributed by atoms with Crippen LogP contribution in [0.5, 0.6) is 0 Å². The molecule has 2 nitrogen and oxygen atoms in total. The van der Waals surface area contributed by atoms with E-state index in [0.717, 1.165) is 18.5 Å². The highest BCUT2D eigenvalue weighted by Crippen LogP contribution is 2.27. The molecule has 2 rings (SSSR count). The van der Waals surface area contributed by atoms with E-state index in [0.29, 0.717) is 18.1 Å². The summed E-state index contributed by atoms with van der Waals surface area (Å²) in [6.07, 6.45) is 5.66. The van der Waals surface area contributed by atoms with Gasteiger partial charge in [0.15, 0.2) is 0 Å². The second kappa shape index (κ2) is 3.69. The number of carbonyl (C=O) groups excluding carboxylic acids is 1. The summed E-state index contributed by atoms with van der Waals surface area (Å²) in [6, 6.07) is 5.71. The first-order chi connectivity index (χ1) is 6.36. The molecule has 0 unspecified atom stereocenters.